The maximum Gasteiger partial charge on any atom is 0.299 e. The van der Waals surface area contributed by atoms with E-state index >= 15 is 0 Å². The zero-order chi connectivity index (χ0) is 20.0. The van der Waals surface area contributed by atoms with E-state index < -0.39 is 0 Å². The Hall–Kier alpha value is -3.26. The fourth-order valence-electron chi connectivity index (χ4n) is 4.03. The van der Waals surface area contributed by atoms with Gasteiger partial charge >= 0.3 is 0 Å². The molecule has 148 valence electrons. The SMILES string of the molecule is O=c1c2ccccc2nc(C2CCCN2c2nc3cc(F)ccc3o2)n1CCO. The Morgan fingerprint density at radius 1 is 1.17 bits per heavy atom. The van der Waals surface area contributed by atoms with E-state index in [1.54, 1.807) is 18.2 Å². The number of oxazole rings is 1. The normalized spacial score (nSPS) is 16.9. The first-order valence-corrected chi connectivity index (χ1v) is 9.59. The van der Waals surface area contributed by atoms with Crippen molar-refractivity contribution in [2.24, 2.45) is 0 Å². The van der Waals surface area contributed by atoms with Crippen molar-refractivity contribution in [1.82, 2.24) is 14.5 Å². The first kappa shape index (κ1) is 17.8. The predicted molar refractivity (Wildman–Crippen MR) is 106 cm³/mol. The second kappa shape index (κ2) is 6.97. The molecule has 1 unspecified atom stereocenters. The van der Waals surface area contributed by atoms with Gasteiger partial charge in [0.1, 0.15) is 17.2 Å². The largest absolute Gasteiger partial charge is 0.423 e. The number of fused-ring (bicyclic) bond motifs is 2. The number of anilines is 1. The average Bonchev–Trinajstić information content (AvgIpc) is 3.36. The molecule has 4 aromatic rings. The first-order valence-electron chi connectivity index (χ1n) is 9.59. The molecule has 2 aromatic carbocycles. The molecule has 1 atom stereocenters. The maximum atomic E-state index is 13.5. The quantitative estimate of drug-likeness (QED) is 0.573. The molecule has 1 fully saturated rings. The molecule has 0 amide bonds. The number of rotatable bonds is 4. The molecule has 1 aliphatic heterocycles. The minimum atomic E-state index is -0.372. The molecule has 29 heavy (non-hydrogen) atoms. The van der Waals surface area contributed by atoms with E-state index in [-0.39, 0.29) is 30.6 Å². The van der Waals surface area contributed by atoms with Gasteiger partial charge in [0.15, 0.2) is 5.58 Å². The van der Waals surface area contributed by atoms with Crippen LogP contribution < -0.4 is 10.5 Å². The van der Waals surface area contributed by atoms with Crippen molar-refractivity contribution in [3.63, 3.8) is 0 Å². The molecule has 3 heterocycles. The third kappa shape index (κ3) is 2.96. The molecular weight excluding hydrogens is 375 g/mol. The van der Waals surface area contributed by atoms with Gasteiger partial charge in [-0.2, -0.15) is 4.98 Å². The molecule has 0 spiro atoms. The second-order valence-electron chi connectivity index (χ2n) is 7.13. The van der Waals surface area contributed by atoms with E-state index in [0.29, 0.717) is 40.4 Å². The van der Waals surface area contributed by atoms with Crippen LogP contribution >= 0.6 is 0 Å². The lowest BCUT2D eigenvalue weighted by Gasteiger charge is -2.25. The van der Waals surface area contributed by atoms with Gasteiger partial charge in [0, 0.05) is 12.6 Å². The van der Waals surface area contributed by atoms with Crippen molar-refractivity contribution >= 4 is 28.0 Å². The summed E-state index contributed by atoms with van der Waals surface area (Å²) in [7, 11) is 0. The lowest BCUT2D eigenvalue weighted by molar-refractivity contribution is 0.270. The van der Waals surface area contributed by atoms with Crippen LogP contribution in [0.5, 0.6) is 0 Å². The van der Waals surface area contributed by atoms with Crippen LogP contribution in [0.15, 0.2) is 51.7 Å². The fourth-order valence-corrected chi connectivity index (χ4v) is 4.03. The number of para-hydroxylation sites is 1. The molecule has 7 nitrogen and oxygen atoms in total. The van der Waals surface area contributed by atoms with Crippen molar-refractivity contribution in [3.8, 4) is 0 Å². The number of benzene rings is 2. The fraction of sp³-hybridized carbons (Fsp3) is 0.286. The highest BCUT2D eigenvalue weighted by atomic mass is 19.1. The summed E-state index contributed by atoms with van der Waals surface area (Å²) >= 11 is 0. The topological polar surface area (TPSA) is 84.4 Å². The Bertz CT molecular complexity index is 1270. The van der Waals surface area contributed by atoms with Gasteiger partial charge in [0.2, 0.25) is 0 Å². The Morgan fingerprint density at radius 3 is 2.90 bits per heavy atom. The Balaban J connectivity index is 1.64. The van der Waals surface area contributed by atoms with Gasteiger partial charge in [-0.3, -0.25) is 9.36 Å². The molecule has 0 aliphatic carbocycles. The molecular formula is C21H19FN4O3. The van der Waals surface area contributed by atoms with E-state index in [2.05, 4.69) is 4.98 Å². The minimum absolute atomic E-state index is 0.162. The lowest BCUT2D eigenvalue weighted by Crippen LogP contribution is -2.33. The molecule has 1 saturated heterocycles. The van der Waals surface area contributed by atoms with Gasteiger partial charge in [0.25, 0.3) is 11.6 Å². The summed E-state index contributed by atoms with van der Waals surface area (Å²) in [6.45, 7) is 0.679. The highest BCUT2D eigenvalue weighted by molar-refractivity contribution is 5.77. The van der Waals surface area contributed by atoms with Crippen LogP contribution in [0.1, 0.15) is 24.7 Å². The highest BCUT2D eigenvalue weighted by Crippen LogP contribution is 2.36. The number of hydrogen-bond donors (Lipinski definition) is 1. The third-order valence-electron chi connectivity index (χ3n) is 5.35. The van der Waals surface area contributed by atoms with E-state index in [4.69, 9.17) is 9.40 Å². The lowest BCUT2D eigenvalue weighted by atomic mass is 10.1. The van der Waals surface area contributed by atoms with Crippen LogP contribution in [-0.4, -0.2) is 32.8 Å². The van der Waals surface area contributed by atoms with Crippen molar-refractivity contribution in [3.05, 3.63) is 64.5 Å². The zero-order valence-corrected chi connectivity index (χ0v) is 15.6. The van der Waals surface area contributed by atoms with Crippen molar-refractivity contribution in [1.29, 1.82) is 0 Å². The van der Waals surface area contributed by atoms with Crippen LogP contribution in [0.3, 0.4) is 0 Å². The standard InChI is InChI=1S/C21H19FN4O3/c22-13-7-8-18-16(12-13)24-21(29-18)25-9-3-6-17(25)19-23-15-5-2-1-4-14(15)20(28)26(19)10-11-27/h1-2,4-5,7-8,12,17,27H,3,6,9-11H2. The molecule has 0 bridgehead atoms. The summed E-state index contributed by atoms with van der Waals surface area (Å²) in [6, 6.07) is 11.6. The molecule has 0 radical (unpaired) electrons. The van der Waals surface area contributed by atoms with Crippen molar-refractivity contribution < 1.29 is 13.9 Å². The Morgan fingerprint density at radius 2 is 2.03 bits per heavy atom. The summed E-state index contributed by atoms with van der Waals surface area (Å²) in [5.74, 6) is 0.206. The second-order valence-corrected chi connectivity index (χ2v) is 7.13. The summed E-state index contributed by atoms with van der Waals surface area (Å²) < 4.78 is 20.9. The smallest absolute Gasteiger partial charge is 0.299 e. The summed E-state index contributed by atoms with van der Waals surface area (Å²) in [6.07, 6.45) is 1.64. The minimum Gasteiger partial charge on any atom is -0.423 e. The number of aliphatic hydroxyl groups excluding tert-OH is 1. The van der Waals surface area contributed by atoms with Gasteiger partial charge in [-0.25, -0.2) is 9.37 Å². The van der Waals surface area contributed by atoms with Crippen molar-refractivity contribution in [2.45, 2.75) is 25.4 Å². The summed E-state index contributed by atoms with van der Waals surface area (Å²) in [5, 5.41) is 10.0. The van der Waals surface area contributed by atoms with Crippen LogP contribution in [0.4, 0.5) is 10.4 Å². The molecule has 2 aromatic heterocycles. The van der Waals surface area contributed by atoms with E-state index in [1.165, 1.54) is 16.7 Å². The number of hydrogen-bond acceptors (Lipinski definition) is 6. The molecule has 5 rings (SSSR count). The van der Waals surface area contributed by atoms with E-state index in [0.717, 1.165) is 12.8 Å². The van der Waals surface area contributed by atoms with E-state index in [9.17, 15) is 14.3 Å². The van der Waals surface area contributed by atoms with Crippen LogP contribution in [-0.2, 0) is 6.54 Å². The molecule has 8 heteroatoms. The average molecular weight is 394 g/mol. The maximum absolute atomic E-state index is 13.5. The Labute approximate surface area is 165 Å². The summed E-state index contributed by atoms with van der Waals surface area (Å²) in [4.78, 5) is 24.2. The van der Waals surface area contributed by atoms with Crippen molar-refractivity contribution in [2.75, 3.05) is 18.1 Å². The van der Waals surface area contributed by atoms with Crippen LogP contribution in [0.25, 0.3) is 22.0 Å². The van der Waals surface area contributed by atoms with Gasteiger partial charge < -0.3 is 14.4 Å². The van der Waals surface area contributed by atoms with Gasteiger partial charge in [-0.05, 0) is 37.1 Å². The van der Waals surface area contributed by atoms with Gasteiger partial charge in [-0.1, -0.05) is 12.1 Å². The molecule has 0 saturated carbocycles. The predicted octanol–water partition coefficient (Wildman–Crippen LogP) is 3.01. The van der Waals surface area contributed by atoms with Crippen LogP contribution in [0, 0.1) is 5.82 Å². The van der Waals surface area contributed by atoms with E-state index in [1.807, 2.05) is 17.0 Å². The molecule has 1 N–H and O–H groups in total. The van der Waals surface area contributed by atoms with Crippen LogP contribution in [0.2, 0.25) is 0 Å². The third-order valence-corrected chi connectivity index (χ3v) is 5.35. The zero-order valence-electron chi connectivity index (χ0n) is 15.6. The Kier molecular flexibility index (Phi) is 4.28. The molecule has 1 aliphatic rings. The number of nitrogens with zero attached hydrogens (tertiary/aromatic N) is 4. The number of halogens is 1. The van der Waals surface area contributed by atoms with Gasteiger partial charge in [0.05, 0.1) is 30.1 Å². The number of aliphatic hydroxyl groups is 1. The monoisotopic (exact) mass is 394 g/mol. The highest BCUT2D eigenvalue weighted by Gasteiger charge is 2.33. The first-order chi connectivity index (χ1) is 14.2. The summed E-state index contributed by atoms with van der Waals surface area (Å²) in [5.41, 5.74) is 1.40. The number of aromatic nitrogens is 3. The van der Waals surface area contributed by atoms with Gasteiger partial charge in [-0.15, -0.1) is 0 Å².